The van der Waals surface area contributed by atoms with E-state index in [4.69, 9.17) is 0 Å². The van der Waals surface area contributed by atoms with E-state index in [1.807, 2.05) is 14.0 Å². The predicted octanol–water partition coefficient (Wildman–Crippen LogP) is 1.14. The van der Waals surface area contributed by atoms with Gasteiger partial charge in [0.05, 0.1) is 0 Å². The van der Waals surface area contributed by atoms with E-state index in [-0.39, 0.29) is 0 Å². The summed E-state index contributed by atoms with van der Waals surface area (Å²) in [7, 11) is 1.90. The van der Waals surface area contributed by atoms with Crippen LogP contribution in [0.25, 0.3) is 0 Å². The van der Waals surface area contributed by atoms with Gasteiger partial charge in [0, 0.05) is 45.7 Å². The molecule has 0 bridgehead atoms. The minimum absolute atomic E-state index is 0.611. The number of aryl methyl sites for hydroxylation is 2. The number of aliphatic imine (C=N–C) groups is 1. The molecule has 140 valence electrons. The highest BCUT2D eigenvalue weighted by Crippen LogP contribution is 2.20. The lowest BCUT2D eigenvalue weighted by Gasteiger charge is -2.29. The molecular weight excluding hydrogens is 314 g/mol. The van der Waals surface area contributed by atoms with Gasteiger partial charge < -0.3 is 14.8 Å². The lowest BCUT2D eigenvalue weighted by Crippen LogP contribution is -2.45. The number of aromatic nitrogens is 3. The van der Waals surface area contributed by atoms with Crippen LogP contribution in [0.15, 0.2) is 4.99 Å². The second kappa shape index (κ2) is 8.17. The molecule has 2 atom stereocenters. The summed E-state index contributed by atoms with van der Waals surface area (Å²) in [6.45, 7) is 13.0. The van der Waals surface area contributed by atoms with Crippen molar-refractivity contribution in [3.8, 4) is 0 Å². The molecule has 0 amide bonds. The lowest BCUT2D eigenvalue weighted by atomic mass is 9.99. The Hall–Kier alpha value is -1.63. The molecule has 2 aliphatic rings. The van der Waals surface area contributed by atoms with Crippen molar-refractivity contribution in [2.75, 3.05) is 39.8 Å². The quantitative estimate of drug-likeness (QED) is 0.639. The zero-order chi connectivity index (χ0) is 17.8. The van der Waals surface area contributed by atoms with Crippen LogP contribution in [-0.2, 0) is 13.0 Å². The Kier molecular flexibility index (Phi) is 5.93. The summed E-state index contributed by atoms with van der Waals surface area (Å²) in [5.41, 5.74) is 0. The molecule has 0 spiro atoms. The van der Waals surface area contributed by atoms with Crippen molar-refractivity contribution in [1.29, 1.82) is 0 Å². The maximum absolute atomic E-state index is 4.53. The van der Waals surface area contributed by atoms with Crippen LogP contribution < -0.4 is 5.32 Å². The average Bonchev–Trinajstić information content (AvgIpc) is 3.25. The van der Waals surface area contributed by atoms with Gasteiger partial charge in [0.25, 0.3) is 0 Å². The molecule has 1 saturated heterocycles. The van der Waals surface area contributed by atoms with Gasteiger partial charge in [0.2, 0.25) is 0 Å². The van der Waals surface area contributed by atoms with Gasteiger partial charge in [-0.25, -0.2) is 0 Å². The first-order valence-electron chi connectivity index (χ1n) is 9.74. The molecule has 25 heavy (non-hydrogen) atoms. The Balaban J connectivity index is 1.51. The number of likely N-dealkylation sites (tertiary alicyclic amines) is 1. The van der Waals surface area contributed by atoms with Gasteiger partial charge in [-0.15, -0.1) is 10.2 Å². The molecule has 3 rings (SSSR count). The number of nitrogens with one attached hydrogen (secondary N) is 1. The SMILES string of the molecule is CCN(CC)C1CCN(C(=NC)NCC2CCc3nnc(C)n3C2)C1. The summed E-state index contributed by atoms with van der Waals surface area (Å²) in [5.74, 6) is 3.84. The molecule has 0 aliphatic carbocycles. The molecule has 1 aromatic heterocycles. The molecule has 2 aliphatic heterocycles. The average molecular weight is 348 g/mol. The number of rotatable bonds is 5. The predicted molar refractivity (Wildman–Crippen MR) is 101 cm³/mol. The van der Waals surface area contributed by atoms with Gasteiger partial charge in [-0.2, -0.15) is 0 Å². The number of hydrogen-bond donors (Lipinski definition) is 1. The summed E-state index contributed by atoms with van der Waals surface area (Å²) in [6.07, 6.45) is 3.43. The molecule has 7 nitrogen and oxygen atoms in total. The molecule has 0 radical (unpaired) electrons. The van der Waals surface area contributed by atoms with Crippen LogP contribution in [0, 0.1) is 12.8 Å². The van der Waals surface area contributed by atoms with Crippen molar-refractivity contribution >= 4 is 5.96 Å². The summed E-state index contributed by atoms with van der Waals surface area (Å²) in [5, 5.41) is 12.1. The van der Waals surface area contributed by atoms with Crippen molar-refractivity contribution < 1.29 is 0 Å². The maximum atomic E-state index is 4.53. The Morgan fingerprint density at radius 3 is 2.76 bits per heavy atom. The molecule has 0 aromatic carbocycles. The second-order valence-electron chi connectivity index (χ2n) is 7.22. The Labute approximate surface area is 151 Å². The Morgan fingerprint density at radius 2 is 2.04 bits per heavy atom. The van der Waals surface area contributed by atoms with Gasteiger partial charge in [0.1, 0.15) is 11.6 Å². The number of likely N-dealkylation sites (N-methyl/N-ethyl adjacent to an activating group) is 1. The fraction of sp³-hybridized carbons (Fsp3) is 0.833. The summed E-state index contributed by atoms with van der Waals surface area (Å²) in [6, 6.07) is 0.658. The van der Waals surface area contributed by atoms with E-state index in [2.05, 4.69) is 48.7 Å². The highest BCUT2D eigenvalue weighted by Gasteiger charge is 2.28. The highest BCUT2D eigenvalue weighted by atomic mass is 15.3. The van der Waals surface area contributed by atoms with Crippen molar-refractivity contribution in [3.05, 3.63) is 11.6 Å². The molecule has 0 saturated carbocycles. The van der Waals surface area contributed by atoms with E-state index in [9.17, 15) is 0 Å². The van der Waals surface area contributed by atoms with Crippen LogP contribution in [-0.4, -0.2) is 76.3 Å². The van der Waals surface area contributed by atoms with Crippen LogP contribution in [0.1, 0.15) is 38.3 Å². The zero-order valence-electron chi connectivity index (χ0n) is 16.2. The van der Waals surface area contributed by atoms with E-state index in [1.165, 1.54) is 12.8 Å². The Bertz CT molecular complexity index is 590. The third-order valence-electron chi connectivity index (χ3n) is 5.78. The summed E-state index contributed by atoms with van der Waals surface area (Å²) in [4.78, 5) is 9.51. The number of hydrogen-bond acceptors (Lipinski definition) is 4. The molecular formula is C18H33N7. The van der Waals surface area contributed by atoms with Gasteiger partial charge in [-0.3, -0.25) is 9.89 Å². The number of guanidine groups is 1. The van der Waals surface area contributed by atoms with Crippen LogP contribution in [0.3, 0.4) is 0 Å². The highest BCUT2D eigenvalue weighted by molar-refractivity contribution is 5.80. The van der Waals surface area contributed by atoms with E-state index in [1.54, 1.807) is 0 Å². The molecule has 1 aromatic rings. The van der Waals surface area contributed by atoms with Gasteiger partial charge >= 0.3 is 0 Å². The molecule has 3 heterocycles. The van der Waals surface area contributed by atoms with Crippen LogP contribution in [0.4, 0.5) is 0 Å². The minimum atomic E-state index is 0.611. The van der Waals surface area contributed by atoms with Gasteiger partial charge in [0.15, 0.2) is 5.96 Å². The van der Waals surface area contributed by atoms with Gasteiger partial charge in [-0.1, -0.05) is 13.8 Å². The first-order chi connectivity index (χ1) is 12.2. The third kappa shape index (κ3) is 3.97. The van der Waals surface area contributed by atoms with Crippen molar-refractivity contribution in [3.63, 3.8) is 0 Å². The van der Waals surface area contributed by atoms with Crippen LogP contribution >= 0.6 is 0 Å². The normalized spacial score (nSPS) is 24.0. The smallest absolute Gasteiger partial charge is 0.193 e. The molecule has 7 heteroatoms. The standard InChI is InChI=1S/C18H33N7/c1-5-23(6-2)16-9-10-24(13-16)18(19-4)20-11-15-7-8-17-22-21-14(3)25(17)12-15/h15-16H,5-13H2,1-4H3,(H,19,20). The van der Waals surface area contributed by atoms with Gasteiger partial charge in [-0.05, 0) is 38.8 Å². The largest absolute Gasteiger partial charge is 0.356 e. The first kappa shape index (κ1) is 18.2. The molecule has 1 N–H and O–H groups in total. The number of nitrogens with zero attached hydrogens (tertiary/aromatic N) is 6. The molecule has 1 fully saturated rings. The fourth-order valence-corrected chi connectivity index (χ4v) is 4.24. The zero-order valence-corrected chi connectivity index (χ0v) is 16.2. The monoisotopic (exact) mass is 347 g/mol. The minimum Gasteiger partial charge on any atom is -0.356 e. The van der Waals surface area contributed by atoms with E-state index in [0.717, 1.165) is 63.3 Å². The van der Waals surface area contributed by atoms with Crippen molar-refractivity contribution in [1.82, 2.24) is 29.9 Å². The van der Waals surface area contributed by atoms with Crippen molar-refractivity contribution in [2.24, 2.45) is 10.9 Å². The van der Waals surface area contributed by atoms with E-state index < -0.39 is 0 Å². The second-order valence-corrected chi connectivity index (χ2v) is 7.22. The third-order valence-corrected chi connectivity index (χ3v) is 5.78. The van der Waals surface area contributed by atoms with Crippen LogP contribution in [0.2, 0.25) is 0 Å². The van der Waals surface area contributed by atoms with Crippen LogP contribution in [0.5, 0.6) is 0 Å². The molecule has 2 unspecified atom stereocenters. The van der Waals surface area contributed by atoms with Crippen molar-refractivity contribution in [2.45, 2.75) is 52.6 Å². The fourth-order valence-electron chi connectivity index (χ4n) is 4.24. The topological polar surface area (TPSA) is 61.6 Å². The maximum Gasteiger partial charge on any atom is 0.193 e. The van der Waals surface area contributed by atoms with E-state index in [0.29, 0.717) is 12.0 Å². The van der Waals surface area contributed by atoms with E-state index >= 15 is 0 Å². The summed E-state index contributed by atoms with van der Waals surface area (Å²) >= 11 is 0. The first-order valence-corrected chi connectivity index (χ1v) is 9.74. The lowest BCUT2D eigenvalue weighted by molar-refractivity contribution is 0.223. The summed E-state index contributed by atoms with van der Waals surface area (Å²) < 4.78 is 2.27. The Morgan fingerprint density at radius 1 is 1.24 bits per heavy atom. The number of fused-ring (bicyclic) bond motifs is 1.